The maximum absolute atomic E-state index is 12.8. The van der Waals surface area contributed by atoms with Crippen molar-refractivity contribution in [2.75, 3.05) is 27.9 Å². The number of aryl methyl sites for hydroxylation is 1. The van der Waals surface area contributed by atoms with Gasteiger partial charge in [-0.3, -0.25) is 14.2 Å². The van der Waals surface area contributed by atoms with E-state index in [0.717, 1.165) is 5.56 Å². The molecule has 0 aliphatic rings. The van der Waals surface area contributed by atoms with Crippen LogP contribution in [0.2, 0.25) is 0 Å². The number of fused-ring (bicyclic) bond motifs is 1. The van der Waals surface area contributed by atoms with Crippen LogP contribution in [0.15, 0.2) is 47.5 Å². The molecule has 0 saturated carbocycles. The quantitative estimate of drug-likeness (QED) is 0.469. The van der Waals surface area contributed by atoms with Crippen LogP contribution in [-0.2, 0) is 22.5 Å². The maximum atomic E-state index is 12.8. The summed E-state index contributed by atoms with van der Waals surface area (Å²) in [5.74, 6) is 0.496. The molecule has 1 aromatic heterocycles. The van der Waals surface area contributed by atoms with Crippen molar-refractivity contribution in [2.45, 2.75) is 25.8 Å². The molecule has 9 nitrogen and oxygen atoms in total. The second kappa shape index (κ2) is 11.1. The first-order chi connectivity index (χ1) is 16.0. The molecule has 0 radical (unpaired) electrons. The summed E-state index contributed by atoms with van der Waals surface area (Å²) in [6, 6.07) is 10.3. The van der Waals surface area contributed by atoms with Crippen LogP contribution in [0.4, 0.5) is 0 Å². The molecule has 0 fully saturated rings. The summed E-state index contributed by atoms with van der Waals surface area (Å²) < 4.78 is 16.7. The van der Waals surface area contributed by atoms with Gasteiger partial charge in [0, 0.05) is 25.6 Å². The second-order valence-electron chi connectivity index (χ2n) is 7.36. The van der Waals surface area contributed by atoms with Crippen LogP contribution in [0.25, 0.3) is 10.9 Å². The molecule has 174 valence electrons. The van der Waals surface area contributed by atoms with E-state index >= 15 is 0 Å². The highest BCUT2D eigenvalue weighted by atomic mass is 16.5. The van der Waals surface area contributed by atoms with Crippen LogP contribution in [0.5, 0.6) is 11.5 Å². The minimum atomic E-state index is -0.380. The van der Waals surface area contributed by atoms with E-state index in [-0.39, 0.29) is 23.9 Å². The maximum Gasteiger partial charge on any atom is 0.337 e. The average Bonchev–Trinajstić information content (AvgIpc) is 2.84. The number of hydrogen-bond donors (Lipinski definition) is 1. The third kappa shape index (κ3) is 5.88. The highest BCUT2D eigenvalue weighted by Crippen LogP contribution is 2.29. The van der Waals surface area contributed by atoms with Crippen molar-refractivity contribution in [1.29, 1.82) is 0 Å². The van der Waals surface area contributed by atoms with E-state index in [1.165, 1.54) is 32.2 Å². The molecule has 1 amide bonds. The Kier molecular flexibility index (Phi) is 8.01. The van der Waals surface area contributed by atoms with Crippen LogP contribution < -0.4 is 20.3 Å². The minimum absolute atomic E-state index is 0.0885. The monoisotopic (exact) mass is 453 g/mol. The zero-order valence-corrected chi connectivity index (χ0v) is 18.9. The lowest BCUT2D eigenvalue weighted by atomic mass is 10.1. The van der Waals surface area contributed by atoms with Gasteiger partial charge in [0.05, 0.1) is 44.1 Å². The molecule has 3 rings (SSSR count). The van der Waals surface area contributed by atoms with E-state index in [2.05, 4.69) is 15.0 Å². The Hall–Kier alpha value is -3.88. The van der Waals surface area contributed by atoms with E-state index in [1.54, 1.807) is 24.3 Å². The van der Waals surface area contributed by atoms with Gasteiger partial charge in [0.2, 0.25) is 5.91 Å². The molecule has 9 heteroatoms. The molecule has 0 saturated heterocycles. The van der Waals surface area contributed by atoms with Gasteiger partial charge in [0.1, 0.15) is 0 Å². The van der Waals surface area contributed by atoms with Crippen molar-refractivity contribution in [3.05, 3.63) is 64.2 Å². The molecule has 0 aliphatic heterocycles. The van der Waals surface area contributed by atoms with E-state index in [1.807, 2.05) is 12.1 Å². The number of benzene rings is 2. The first-order valence-electron chi connectivity index (χ1n) is 10.5. The predicted molar refractivity (Wildman–Crippen MR) is 123 cm³/mol. The Balaban J connectivity index is 1.49. The SMILES string of the molecule is COC(=O)c1ccc(CCNC(=O)CCCn2cnc3cc(OC)c(OC)cc3c2=O)cc1. The summed E-state index contributed by atoms with van der Waals surface area (Å²) in [7, 11) is 4.37. The second-order valence-corrected chi connectivity index (χ2v) is 7.36. The lowest BCUT2D eigenvalue weighted by Gasteiger charge is -2.10. The van der Waals surface area contributed by atoms with Crippen molar-refractivity contribution >= 4 is 22.8 Å². The molecule has 1 N–H and O–H groups in total. The van der Waals surface area contributed by atoms with E-state index < -0.39 is 0 Å². The fourth-order valence-electron chi connectivity index (χ4n) is 3.41. The van der Waals surface area contributed by atoms with Gasteiger partial charge in [-0.15, -0.1) is 0 Å². The van der Waals surface area contributed by atoms with Crippen LogP contribution in [0.3, 0.4) is 0 Å². The normalized spacial score (nSPS) is 10.6. The molecule has 0 spiro atoms. The number of hydrogen-bond acceptors (Lipinski definition) is 7. The summed E-state index contributed by atoms with van der Waals surface area (Å²) in [6.07, 6.45) is 2.91. The van der Waals surface area contributed by atoms with Crippen molar-refractivity contribution in [3.63, 3.8) is 0 Å². The highest BCUT2D eigenvalue weighted by molar-refractivity contribution is 5.89. The van der Waals surface area contributed by atoms with Crippen molar-refractivity contribution < 1.29 is 23.8 Å². The number of carbonyl (C=O) groups excluding carboxylic acids is 2. The van der Waals surface area contributed by atoms with Gasteiger partial charge in [0.25, 0.3) is 5.56 Å². The zero-order valence-electron chi connectivity index (χ0n) is 18.9. The van der Waals surface area contributed by atoms with Gasteiger partial charge >= 0.3 is 5.97 Å². The minimum Gasteiger partial charge on any atom is -0.493 e. The Morgan fingerprint density at radius 3 is 2.39 bits per heavy atom. The molecule has 0 bridgehead atoms. The molecule has 2 aromatic carbocycles. The number of rotatable bonds is 10. The molecule has 3 aromatic rings. The molecule has 1 heterocycles. The lowest BCUT2D eigenvalue weighted by molar-refractivity contribution is -0.121. The molecule has 0 aliphatic carbocycles. The smallest absolute Gasteiger partial charge is 0.337 e. The van der Waals surface area contributed by atoms with Crippen molar-refractivity contribution in [1.82, 2.24) is 14.9 Å². The predicted octanol–water partition coefficient (Wildman–Crippen LogP) is 2.34. The number of methoxy groups -OCH3 is 3. The standard InChI is InChI=1S/C24H27N3O6/c1-31-20-13-18-19(14-21(20)32-2)26-15-27(23(18)29)12-4-5-22(28)25-11-10-16-6-8-17(9-7-16)24(30)33-3/h6-9,13-15H,4-5,10-12H2,1-3H3,(H,25,28). The Labute approximate surface area is 191 Å². The summed E-state index contributed by atoms with van der Waals surface area (Å²) in [5, 5.41) is 3.30. The van der Waals surface area contributed by atoms with E-state index in [0.29, 0.717) is 53.9 Å². The Bertz CT molecular complexity index is 1190. The number of amides is 1. The van der Waals surface area contributed by atoms with Gasteiger partial charge in [-0.1, -0.05) is 12.1 Å². The summed E-state index contributed by atoms with van der Waals surface area (Å²) >= 11 is 0. The van der Waals surface area contributed by atoms with Crippen molar-refractivity contribution in [2.24, 2.45) is 0 Å². The molecular formula is C24H27N3O6. The largest absolute Gasteiger partial charge is 0.493 e. The van der Waals surface area contributed by atoms with Crippen LogP contribution in [-0.4, -0.2) is 49.3 Å². The Morgan fingerprint density at radius 2 is 1.73 bits per heavy atom. The average molecular weight is 453 g/mol. The fourth-order valence-corrected chi connectivity index (χ4v) is 3.41. The third-order valence-corrected chi connectivity index (χ3v) is 5.24. The van der Waals surface area contributed by atoms with Gasteiger partial charge < -0.3 is 19.5 Å². The molecule has 0 atom stereocenters. The molecule has 0 unspecified atom stereocenters. The summed E-state index contributed by atoms with van der Waals surface area (Å²) in [4.78, 5) is 40.7. The van der Waals surface area contributed by atoms with Crippen molar-refractivity contribution in [3.8, 4) is 11.5 Å². The van der Waals surface area contributed by atoms with Gasteiger partial charge in [-0.25, -0.2) is 9.78 Å². The van der Waals surface area contributed by atoms with Crippen LogP contribution >= 0.6 is 0 Å². The third-order valence-electron chi connectivity index (χ3n) is 5.24. The molecular weight excluding hydrogens is 426 g/mol. The van der Waals surface area contributed by atoms with Crippen LogP contribution in [0, 0.1) is 0 Å². The number of nitrogens with zero attached hydrogens (tertiary/aromatic N) is 2. The van der Waals surface area contributed by atoms with Gasteiger partial charge in [-0.05, 0) is 36.6 Å². The number of esters is 1. The summed E-state index contributed by atoms with van der Waals surface area (Å²) in [5.41, 5.74) is 1.81. The van der Waals surface area contributed by atoms with Crippen LogP contribution in [0.1, 0.15) is 28.8 Å². The highest BCUT2D eigenvalue weighted by Gasteiger charge is 2.11. The van der Waals surface area contributed by atoms with Gasteiger partial charge in [-0.2, -0.15) is 0 Å². The number of ether oxygens (including phenoxy) is 3. The lowest BCUT2D eigenvalue weighted by Crippen LogP contribution is -2.26. The number of carbonyl (C=O) groups is 2. The zero-order chi connectivity index (χ0) is 23.8. The number of aromatic nitrogens is 2. The topological polar surface area (TPSA) is 109 Å². The number of nitrogens with one attached hydrogen (secondary N) is 1. The molecule has 33 heavy (non-hydrogen) atoms. The van der Waals surface area contributed by atoms with E-state index in [9.17, 15) is 14.4 Å². The van der Waals surface area contributed by atoms with Gasteiger partial charge in [0.15, 0.2) is 11.5 Å². The Morgan fingerprint density at radius 1 is 1.03 bits per heavy atom. The van der Waals surface area contributed by atoms with E-state index in [4.69, 9.17) is 9.47 Å². The fraction of sp³-hybridized carbons (Fsp3) is 0.333. The first kappa shape index (κ1) is 23.8. The first-order valence-corrected chi connectivity index (χ1v) is 10.5. The summed E-state index contributed by atoms with van der Waals surface area (Å²) in [6.45, 7) is 0.855.